The Kier molecular flexibility index (Phi) is 8.68. The van der Waals surface area contributed by atoms with E-state index in [-0.39, 0.29) is 0 Å². The van der Waals surface area contributed by atoms with Crippen LogP contribution in [0.15, 0.2) is 109 Å². The zero-order valence-corrected chi connectivity index (χ0v) is 29.7. The summed E-state index contributed by atoms with van der Waals surface area (Å²) >= 11 is 0. The van der Waals surface area contributed by atoms with Crippen LogP contribution in [0.4, 0.5) is 0 Å². The Balaban J connectivity index is 1.35. The summed E-state index contributed by atoms with van der Waals surface area (Å²) in [6.45, 7) is 16.6. The zero-order valence-electron chi connectivity index (χ0n) is 28.7. The molecule has 4 aromatic carbocycles. The molecule has 0 unspecified atom stereocenters. The minimum atomic E-state index is -2.89. The van der Waals surface area contributed by atoms with Gasteiger partial charge in [-0.1, -0.05) is 108 Å². The molecule has 0 bridgehead atoms. The molecule has 2 aliphatic rings. The summed E-state index contributed by atoms with van der Waals surface area (Å²) in [7, 11) is -3.71. The van der Waals surface area contributed by atoms with Gasteiger partial charge < -0.3 is 18.6 Å². The average molecular weight is 636 g/mol. The van der Waals surface area contributed by atoms with Gasteiger partial charge in [-0.15, -0.1) is 0 Å². The number of benzene rings is 4. The smallest absolute Gasteiger partial charge is 0.399 e. The highest BCUT2D eigenvalue weighted by atomic mass is 28.3. The van der Waals surface area contributed by atoms with Gasteiger partial charge in [0.05, 0.1) is 22.4 Å². The van der Waals surface area contributed by atoms with E-state index in [4.69, 9.17) is 18.6 Å². The highest BCUT2D eigenvalue weighted by Crippen LogP contribution is 2.37. The van der Waals surface area contributed by atoms with Crippen molar-refractivity contribution >= 4 is 43.6 Å². The van der Waals surface area contributed by atoms with Crippen LogP contribution >= 0.6 is 0 Å². The molecule has 2 aliphatic heterocycles. The van der Waals surface area contributed by atoms with Crippen LogP contribution in [-0.4, -0.2) is 44.7 Å². The summed E-state index contributed by atoms with van der Waals surface area (Å²) in [5.41, 5.74) is 9.74. The Morgan fingerprint density at radius 3 is 1.02 bits per heavy atom. The van der Waals surface area contributed by atoms with Gasteiger partial charge in [0.25, 0.3) is 8.07 Å². The van der Waals surface area contributed by atoms with Gasteiger partial charge in [-0.3, -0.25) is 0 Å². The van der Waals surface area contributed by atoms with Crippen molar-refractivity contribution in [2.45, 2.75) is 77.8 Å². The summed E-state index contributed by atoms with van der Waals surface area (Å²) in [6, 6.07) is 37.4. The minimum Gasteiger partial charge on any atom is -0.399 e. The van der Waals surface area contributed by atoms with E-state index in [1.165, 1.54) is 0 Å². The molecular weight excluding hydrogens is 594 g/mol. The third-order valence-electron chi connectivity index (χ3n) is 10.1. The fourth-order valence-corrected chi connectivity index (χ4v) is 8.62. The normalized spacial score (nSPS) is 19.0. The first-order valence-corrected chi connectivity index (χ1v) is 18.3. The lowest BCUT2D eigenvalue weighted by Gasteiger charge is -2.32. The fraction of sp³-hybridized carbons (Fsp3) is 0.300. The van der Waals surface area contributed by atoms with Gasteiger partial charge in [-0.25, -0.2) is 0 Å². The van der Waals surface area contributed by atoms with Crippen LogP contribution in [0.25, 0.3) is 0 Å². The SMILES string of the molecule is CC1(C)OB(c2ccc(C#C[Si](C#Cc3ccc(B4OC(C)(C)C(C)(C)O4)cc3)(c3ccccc3)c3ccccc3)cc2)OC1(C)C. The molecule has 2 heterocycles. The predicted octanol–water partition coefficient (Wildman–Crippen LogP) is 5.03. The van der Waals surface area contributed by atoms with Crippen LogP contribution in [0, 0.1) is 22.9 Å². The summed E-state index contributed by atoms with van der Waals surface area (Å²) in [4.78, 5) is 0. The molecule has 236 valence electrons. The third kappa shape index (κ3) is 6.52. The highest BCUT2D eigenvalue weighted by molar-refractivity contribution is 7.13. The van der Waals surface area contributed by atoms with Crippen molar-refractivity contribution in [1.82, 2.24) is 0 Å². The van der Waals surface area contributed by atoms with Crippen molar-refractivity contribution in [1.29, 1.82) is 0 Å². The summed E-state index contributed by atoms with van der Waals surface area (Å²) in [5, 5.41) is 2.29. The van der Waals surface area contributed by atoms with Crippen LogP contribution < -0.4 is 21.3 Å². The van der Waals surface area contributed by atoms with Crippen molar-refractivity contribution in [3.63, 3.8) is 0 Å². The topological polar surface area (TPSA) is 36.9 Å². The van der Waals surface area contributed by atoms with E-state index in [2.05, 4.69) is 127 Å². The Morgan fingerprint density at radius 2 is 0.723 bits per heavy atom. The van der Waals surface area contributed by atoms with Crippen LogP contribution in [0.1, 0.15) is 66.5 Å². The molecule has 0 atom stereocenters. The van der Waals surface area contributed by atoms with Gasteiger partial charge in [-0.05, 0) is 101 Å². The summed E-state index contributed by atoms with van der Waals surface area (Å²) in [5.74, 6) is 7.05. The maximum absolute atomic E-state index is 6.26. The van der Waals surface area contributed by atoms with Crippen molar-refractivity contribution < 1.29 is 18.6 Å². The van der Waals surface area contributed by atoms with E-state index < -0.39 is 44.7 Å². The van der Waals surface area contributed by atoms with E-state index in [1.807, 2.05) is 60.7 Å². The molecule has 0 radical (unpaired) electrons. The Bertz CT molecular complexity index is 1680. The molecular formula is C40H42B2O4Si. The van der Waals surface area contributed by atoms with Crippen molar-refractivity contribution in [3.8, 4) is 22.9 Å². The van der Waals surface area contributed by atoms with E-state index in [9.17, 15) is 0 Å². The van der Waals surface area contributed by atoms with Crippen molar-refractivity contribution in [2.24, 2.45) is 0 Å². The Hall–Kier alpha value is -3.81. The number of rotatable bonds is 4. The quantitative estimate of drug-likeness (QED) is 0.233. The molecule has 4 aromatic rings. The molecule has 7 heteroatoms. The van der Waals surface area contributed by atoms with E-state index in [0.717, 1.165) is 32.4 Å². The maximum atomic E-state index is 6.26. The standard InChI is InChI=1S/C40H42B2O4Si/c1-37(2)38(3,4)44-41(43-37)33-23-19-31(20-24-33)27-29-47(35-15-11-9-12-16-35,36-17-13-10-14-18-36)30-28-32-21-25-34(26-22-32)42-45-39(5,6)40(7,8)46-42/h9-26H,1-8H3. The van der Waals surface area contributed by atoms with Crippen LogP contribution in [-0.2, 0) is 18.6 Å². The molecule has 47 heavy (non-hydrogen) atoms. The van der Waals surface area contributed by atoms with E-state index in [0.29, 0.717) is 0 Å². The largest absolute Gasteiger partial charge is 0.494 e. The molecule has 0 N–H and O–H groups in total. The molecule has 0 saturated carbocycles. The van der Waals surface area contributed by atoms with Crippen LogP contribution in [0.5, 0.6) is 0 Å². The molecule has 4 nitrogen and oxygen atoms in total. The van der Waals surface area contributed by atoms with Gasteiger partial charge in [0, 0.05) is 11.1 Å². The molecule has 0 aromatic heterocycles. The second-order valence-corrected chi connectivity index (χ2v) is 17.6. The van der Waals surface area contributed by atoms with Crippen molar-refractivity contribution in [3.05, 3.63) is 120 Å². The lowest BCUT2D eigenvalue weighted by Crippen LogP contribution is -2.57. The molecule has 0 amide bonds. The first kappa shape index (κ1) is 33.1. The van der Waals surface area contributed by atoms with Crippen molar-refractivity contribution in [2.75, 3.05) is 0 Å². The molecule has 2 fully saturated rings. The molecule has 0 spiro atoms. The lowest BCUT2D eigenvalue weighted by molar-refractivity contribution is 0.00578. The van der Waals surface area contributed by atoms with Crippen LogP contribution in [0.2, 0.25) is 0 Å². The number of hydrogen-bond acceptors (Lipinski definition) is 4. The predicted molar refractivity (Wildman–Crippen MR) is 196 cm³/mol. The molecule has 6 rings (SSSR count). The second-order valence-electron chi connectivity index (χ2n) is 14.4. The number of hydrogen-bond donors (Lipinski definition) is 0. The molecule has 0 aliphatic carbocycles. The van der Waals surface area contributed by atoms with Gasteiger partial charge in [0.2, 0.25) is 0 Å². The highest BCUT2D eigenvalue weighted by Gasteiger charge is 2.52. The van der Waals surface area contributed by atoms with Crippen LogP contribution in [0.3, 0.4) is 0 Å². The fourth-order valence-electron chi connectivity index (χ4n) is 5.60. The summed E-state index contributed by atoms with van der Waals surface area (Å²) in [6.07, 6.45) is 0. The maximum Gasteiger partial charge on any atom is 0.494 e. The van der Waals surface area contributed by atoms with Gasteiger partial charge in [0.15, 0.2) is 0 Å². The zero-order chi connectivity index (χ0) is 33.5. The first-order valence-electron chi connectivity index (χ1n) is 16.3. The van der Waals surface area contributed by atoms with E-state index in [1.54, 1.807) is 0 Å². The minimum absolute atomic E-state index is 0.391. The Morgan fingerprint density at radius 1 is 0.426 bits per heavy atom. The van der Waals surface area contributed by atoms with Gasteiger partial charge >= 0.3 is 14.2 Å². The first-order chi connectivity index (χ1) is 22.2. The van der Waals surface area contributed by atoms with Gasteiger partial charge in [0.1, 0.15) is 0 Å². The lowest BCUT2D eigenvalue weighted by atomic mass is 9.79. The average Bonchev–Trinajstić information content (AvgIpc) is 3.42. The summed E-state index contributed by atoms with van der Waals surface area (Å²) < 4.78 is 25.1. The molecule has 2 saturated heterocycles. The second kappa shape index (κ2) is 12.3. The Labute approximate surface area is 282 Å². The van der Waals surface area contributed by atoms with E-state index >= 15 is 0 Å². The monoisotopic (exact) mass is 636 g/mol. The van der Waals surface area contributed by atoms with Gasteiger partial charge in [-0.2, -0.15) is 0 Å². The third-order valence-corrected chi connectivity index (χ3v) is 13.5.